The number of β-amino-alcohol motifs (C(OH)–C–C–N with tert-alkyl or cyclic N) is 1. The minimum atomic E-state index is -0.499. The van der Waals surface area contributed by atoms with Crippen molar-refractivity contribution in [3.05, 3.63) is 18.7 Å². The van der Waals surface area contributed by atoms with Crippen molar-refractivity contribution in [1.29, 1.82) is 0 Å². The molecule has 2 atom stereocenters. The van der Waals surface area contributed by atoms with Crippen molar-refractivity contribution in [2.75, 3.05) is 26.2 Å². The van der Waals surface area contributed by atoms with Crippen LogP contribution >= 0.6 is 0 Å². The lowest BCUT2D eigenvalue weighted by molar-refractivity contribution is -0.136. The maximum atomic E-state index is 12.0. The number of imidazole rings is 1. The fourth-order valence-corrected chi connectivity index (χ4v) is 2.43. The molecule has 3 rings (SSSR count). The highest BCUT2D eigenvalue weighted by Crippen LogP contribution is 2.24. The molecule has 2 N–H and O–H groups in total. The van der Waals surface area contributed by atoms with Crippen molar-refractivity contribution < 1.29 is 9.90 Å². The second-order valence-electron chi connectivity index (χ2n) is 4.74. The van der Waals surface area contributed by atoms with Crippen molar-refractivity contribution in [3.63, 3.8) is 0 Å². The van der Waals surface area contributed by atoms with Gasteiger partial charge >= 0.3 is 0 Å². The van der Waals surface area contributed by atoms with E-state index >= 15 is 0 Å². The monoisotopic (exact) mass is 236 g/mol. The number of nitrogens with one attached hydrogen (secondary N) is 1. The molecule has 0 spiro atoms. The van der Waals surface area contributed by atoms with Gasteiger partial charge in [-0.25, -0.2) is 4.98 Å². The number of carbonyl (C=O) groups is 1. The summed E-state index contributed by atoms with van der Waals surface area (Å²) >= 11 is 0. The summed E-state index contributed by atoms with van der Waals surface area (Å²) in [6, 6.07) is -0.0607. The van der Waals surface area contributed by atoms with Crippen molar-refractivity contribution in [2.24, 2.45) is 5.92 Å². The number of likely N-dealkylation sites (tertiary alicyclic amines) is 1. The van der Waals surface area contributed by atoms with Crippen LogP contribution in [-0.4, -0.2) is 57.7 Å². The molecule has 2 aliphatic heterocycles. The molecule has 92 valence electrons. The van der Waals surface area contributed by atoms with E-state index in [2.05, 4.69) is 10.3 Å². The summed E-state index contributed by atoms with van der Waals surface area (Å²) in [5.41, 5.74) is 0. The molecule has 0 bridgehead atoms. The first-order valence-corrected chi connectivity index (χ1v) is 5.90. The van der Waals surface area contributed by atoms with Crippen LogP contribution < -0.4 is 5.32 Å². The van der Waals surface area contributed by atoms with Gasteiger partial charge in [0.2, 0.25) is 5.91 Å². The average Bonchev–Trinajstić information content (AvgIpc) is 2.82. The van der Waals surface area contributed by atoms with E-state index in [1.807, 2.05) is 10.8 Å². The molecule has 0 unspecified atom stereocenters. The minimum Gasteiger partial charge on any atom is -0.389 e. The van der Waals surface area contributed by atoms with Gasteiger partial charge in [-0.1, -0.05) is 0 Å². The number of aromatic nitrogens is 2. The molecule has 0 saturated carbocycles. The van der Waals surface area contributed by atoms with Gasteiger partial charge in [-0.2, -0.15) is 0 Å². The van der Waals surface area contributed by atoms with E-state index < -0.39 is 6.10 Å². The number of carbonyl (C=O) groups excluding carboxylic acids is 1. The molecule has 17 heavy (non-hydrogen) atoms. The minimum absolute atomic E-state index is 0.0607. The van der Waals surface area contributed by atoms with E-state index in [1.165, 1.54) is 0 Å². The summed E-state index contributed by atoms with van der Waals surface area (Å²) < 4.78 is 1.87. The van der Waals surface area contributed by atoms with E-state index in [9.17, 15) is 9.90 Å². The highest BCUT2D eigenvalue weighted by Gasteiger charge is 2.38. The first-order valence-electron chi connectivity index (χ1n) is 5.90. The molecule has 1 aromatic heterocycles. The van der Waals surface area contributed by atoms with Crippen molar-refractivity contribution in [3.8, 4) is 0 Å². The van der Waals surface area contributed by atoms with E-state index in [1.54, 1.807) is 17.4 Å². The Labute approximate surface area is 99.2 Å². The molecule has 2 aliphatic rings. The quantitative estimate of drug-likeness (QED) is 0.680. The van der Waals surface area contributed by atoms with Gasteiger partial charge in [-0.3, -0.25) is 4.79 Å². The molecule has 0 radical (unpaired) electrons. The molecule has 1 aromatic rings. The van der Waals surface area contributed by atoms with Crippen LogP contribution in [0.25, 0.3) is 0 Å². The van der Waals surface area contributed by atoms with Crippen LogP contribution in [0, 0.1) is 5.92 Å². The van der Waals surface area contributed by atoms with Gasteiger partial charge in [0, 0.05) is 38.6 Å². The van der Waals surface area contributed by atoms with Crippen LogP contribution in [0.5, 0.6) is 0 Å². The Kier molecular flexibility index (Phi) is 2.60. The molecule has 3 heterocycles. The molecule has 2 saturated heterocycles. The predicted octanol–water partition coefficient (Wildman–Crippen LogP) is -1.15. The van der Waals surface area contributed by atoms with E-state index in [4.69, 9.17) is 0 Å². The second kappa shape index (κ2) is 4.12. The summed E-state index contributed by atoms with van der Waals surface area (Å²) in [6.07, 6.45) is 4.70. The van der Waals surface area contributed by atoms with E-state index in [0.29, 0.717) is 13.1 Å². The number of hydrogen-bond acceptors (Lipinski definition) is 4. The highest BCUT2D eigenvalue weighted by molar-refractivity contribution is 5.80. The molecule has 6 nitrogen and oxygen atoms in total. The van der Waals surface area contributed by atoms with Crippen LogP contribution in [0.2, 0.25) is 0 Å². The summed E-state index contributed by atoms with van der Waals surface area (Å²) in [5.74, 6) is 0.258. The third-order valence-electron chi connectivity index (χ3n) is 3.61. The Morgan fingerprint density at radius 3 is 2.82 bits per heavy atom. The Bertz CT molecular complexity index is 402. The summed E-state index contributed by atoms with van der Waals surface area (Å²) in [5, 5.41) is 13.1. The third-order valence-corrected chi connectivity index (χ3v) is 3.61. The first kappa shape index (κ1) is 10.7. The smallest absolute Gasteiger partial charge is 0.228 e. The lowest BCUT2D eigenvalue weighted by Crippen LogP contribution is -2.51. The third kappa shape index (κ3) is 1.83. The Hall–Kier alpha value is -1.40. The van der Waals surface area contributed by atoms with E-state index in [-0.39, 0.29) is 17.9 Å². The summed E-state index contributed by atoms with van der Waals surface area (Å²) in [6.45, 7) is 2.54. The molecule has 2 fully saturated rings. The fraction of sp³-hybridized carbons (Fsp3) is 0.636. The lowest BCUT2D eigenvalue weighted by atomic mass is 10.0. The largest absolute Gasteiger partial charge is 0.389 e. The van der Waals surface area contributed by atoms with Crippen LogP contribution in [0.4, 0.5) is 0 Å². The SMILES string of the molecule is O=C(C1CNC1)N1C[C@H](O)[C@@H](n2ccnc2)C1. The molecule has 0 aliphatic carbocycles. The standard InChI is InChI=1S/C11H16N4O2/c16-10-6-15(11(17)8-3-13-4-8)5-9(10)14-2-1-12-7-14/h1-2,7-10,13,16H,3-6H2/t9-,10-/m0/s1. The zero-order chi connectivity index (χ0) is 11.8. The number of amides is 1. The zero-order valence-electron chi connectivity index (χ0n) is 9.49. The molecule has 0 aromatic carbocycles. The van der Waals surface area contributed by atoms with Crippen LogP contribution in [0.15, 0.2) is 18.7 Å². The maximum Gasteiger partial charge on any atom is 0.228 e. The van der Waals surface area contributed by atoms with Crippen LogP contribution in [0.3, 0.4) is 0 Å². The van der Waals surface area contributed by atoms with Crippen molar-refractivity contribution >= 4 is 5.91 Å². The Balaban J connectivity index is 1.68. The normalized spacial score (nSPS) is 29.4. The van der Waals surface area contributed by atoms with Gasteiger partial charge < -0.3 is 19.9 Å². The molecule has 6 heteroatoms. The van der Waals surface area contributed by atoms with Gasteiger partial charge in [-0.15, -0.1) is 0 Å². The lowest BCUT2D eigenvalue weighted by Gasteiger charge is -2.30. The van der Waals surface area contributed by atoms with Gasteiger partial charge in [0.25, 0.3) is 0 Å². The molecular weight excluding hydrogens is 220 g/mol. The summed E-state index contributed by atoms with van der Waals surface area (Å²) in [4.78, 5) is 17.8. The number of rotatable bonds is 2. The predicted molar refractivity (Wildman–Crippen MR) is 60.2 cm³/mol. The van der Waals surface area contributed by atoms with Crippen LogP contribution in [-0.2, 0) is 4.79 Å². The zero-order valence-corrected chi connectivity index (χ0v) is 9.49. The fourth-order valence-electron chi connectivity index (χ4n) is 2.43. The topological polar surface area (TPSA) is 70.4 Å². The highest BCUT2D eigenvalue weighted by atomic mass is 16.3. The van der Waals surface area contributed by atoms with E-state index in [0.717, 1.165) is 13.1 Å². The first-order chi connectivity index (χ1) is 8.25. The molecule has 1 amide bonds. The molecular formula is C11H16N4O2. The maximum absolute atomic E-state index is 12.0. The van der Waals surface area contributed by atoms with Gasteiger partial charge in [0.15, 0.2) is 0 Å². The van der Waals surface area contributed by atoms with Crippen molar-refractivity contribution in [2.45, 2.75) is 12.1 Å². The number of aliphatic hydroxyl groups is 1. The Morgan fingerprint density at radius 1 is 1.41 bits per heavy atom. The average molecular weight is 236 g/mol. The summed E-state index contributed by atoms with van der Waals surface area (Å²) in [7, 11) is 0. The van der Waals surface area contributed by atoms with Crippen LogP contribution in [0.1, 0.15) is 6.04 Å². The van der Waals surface area contributed by atoms with Crippen molar-refractivity contribution in [1.82, 2.24) is 19.8 Å². The Morgan fingerprint density at radius 2 is 2.24 bits per heavy atom. The number of aliphatic hydroxyl groups excluding tert-OH is 1. The van der Waals surface area contributed by atoms with Gasteiger partial charge in [-0.05, 0) is 0 Å². The number of hydrogen-bond donors (Lipinski definition) is 2. The van der Waals surface area contributed by atoms with Gasteiger partial charge in [0.05, 0.1) is 24.4 Å². The number of nitrogens with zero attached hydrogens (tertiary/aromatic N) is 3. The van der Waals surface area contributed by atoms with Gasteiger partial charge in [0.1, 0.15) is 0 Å². The second-order valence-corrected chi connectivity index (χ2v) is 4.74.